The van der Waals surface area contributed by atoms with E-state index in [0.29, 0.717) is 6.42 Å². The first kappa shape index (κ1) is 36.9. The molecule has 1 unspecified atom stereocenters. The smallest absolute Gasteiger partial charge is 0.306 e. The monoisotopic (exact) mass is 538 g/mol. The zero-order chi connectivity index (χ0) is 27.9. The molecule has 0 aromatic carbocycles. The molecule has 1 atom stereocenters. The quantitative estimate of drug-likeness (QED) is 0.0704. The second-order valence-electron chi connectivity index (χ2n) is 11.7. The van der Waals surface area contributed by atoms with Gasteiger partial charge in [0.1, 0.15) is 6.10 Å². The lowest BCUT2D eigenvalue weighted by Gasteiger charge is -2.18. The topological polar surface area (TPSA) is 63.6 Å². The Bertz CT molecular complexity index is 505. The fourth-order valence-electron chi connectivity index (χ4n) is 5.30. The van der Waals surface area contributed by atoms with Gasteiger partial charge in [0.2, 0.25) is 0 Å². The standard InChI is InChI=1S/C34H66O4/c1-3-5-7-9-11-12-13-14-15-16-17-18-19-21-27-31-34(37)38-32(28-24-20-10-8-6-4-2)29-25-22-23-26-30-33(35)36/h32H,3-31H2,1-2H3,(H,35,36). The minimum atomic E-state index is -0.710. The molecule has 0 fully saturated rings. The molecule has 0 radical (unpaired) electrons. The Hall–Kier alpha value is -1.06. The average molecular weight is 539 g/mol. The summed E-state index contributed by atoms with van der Waals surface area (Å²) in [6, 6.07) is 0. The second-order valence-corrected chi connectivity index (χ2v) is 11.7. The van der Waals surface area contributed by atoms with Crippen LogP contribution in [0.25, 0.3) is 0 Å². The molecule has 226 valence electrons. The molecular formula is C34H66O4. The molecule has 4 heteroatoms. The number of aliphatic carboxylic acids is 1. The first-order valence-corrected chi connectivity index (χ1v) is 17.0. The Morgan fingerprint density at radius 1 is 0.474 bits per heavy atom. The van der Waals surface area contributed by atoms with Gasteiger partial charge in [-0.05, 0) is 38.5 Å². The number of carbonyl (C=O) groups excluding carboxylic acids is 1. The highest BCUT2D eigenvalue weighted by atomic mass is 16.5. The van der Waals surface area contributed by atoms with Crippen molar-refractivity contribution in [3.8, 4) is 0 Å². The molecule has 0 amide bonds. The third kappa shape index (κ3) is 29.5. The molecule has 0 aliphatic carbocycles. The van der Waals surface area contributed by atoms with Crippen LogP contribution < -0.4 is 0 Å². The van der Waals surface area contributed by atoms with Crippen molar-refractivity contribution in [3.63, 3.8) is 0 Å². The Morgan fingerprint density at radius 3 is 1.16 bits per heavy atom. The molecule has 0 aromatic heterocycles. The molecule has 0 saturated carbocycles. The predicted molar refractivity (Wildman–Crippen MR) is 163 cm³/mol. The van der Waals surface area contributed by atoms with E-state index in [1.165, 1.54) is 116 Å². The van der Waals surface area contributed by atoms with Gasteiger partial charge >= 0.3 is 11.9 Å². The lowest BCUT2D eigenvalue weighted by molar-refractivity contribution is -0.150. The van der Waals surface area contributed by atoms with E-state index in [1.54, 1.807) is 0 Å². The number of hydrogen-bond donors (Lipinski definition) is 1. The molecule has 0 bridgehead atoms. The maximum absolute atomic E-state index is 12.5. The maximum Gasteiger partial charge on any atom is 0.306 e. The predicted octanol–water partition coefficient (Wildman–Crippen LogP) is 11.3. The van der Waals surface area contributed by atoms with Crippen LogP contribution in [-0.4, -0.2) is 23.1 Å². The van der Waals surface area contributed by atoms with Gasteiger partial charge in [0, 0.05) is 12.8 Å². The summed E-state index contributed by atoms with van der Waals surface area (Å²) in [5.41, 5.74) is 0. The van der Waals surface area contributed by atoms with Crippen molar-refractivity contribution >= 4 is 11.9 Å². The van der Waals surface area contributed by atoms with Crippen molar-refractivity contribution in [2.24, 2.45) is 0 Å². The van der Waals surface area contributed by atoms with Crippen molar-refractivity contribution in [2.45, 2.75) is 206 Å². The first-order valence-electron chi connectivity index (χ1n) is 17.0. The second kappa shape index (κ2) is 30.5. The minimum Gasteiger partial charge on any atom is -0.481 e. The van der Waals surface area contributed by atoms with Gasteiger partial charge in [0.15, 0.2) is 0 Å². The number of ether oxygens (including phenoxy) is 1. The molecule has 0 aliphatic rings. The average Bonchev–Trinajstić information content (AvgIpc) is 2.89. The van der Waals surface area contributed by atoms with E-state index in [-0.39, 0.29) is 18.5 Å². The van der Waals surface area contributed by atoms with Gasteiger partial charge in [-0.25, -0.2) is 0 Å². The number of hydrogen-bond acceptors (Lipinski definition) is 3. The highest BCUT2D eigenvalue weighted by molar-refractivity contribution is 5.69. The van der Waals surface area contributed by atoms with Crippen LogP contribution in [0.5, 0.6) is 0 Å². The highest BCUT2D eigenvalue weighted by Crippen LogP contribution is 2.18. The number of carbonyl (C=O) groups is 2. The summed E-state index contributed by atoms with van der Waals surface area (Å²) in [5.74, 6) is -0.722. The van der Waals surface area contributed by atoms with E-state index >= 15 is 0 Å². The molecule has 0 heterocycles. The molecule has 0 rings (SSSR count). The van der Waals surface area contributed by atoms with E-state index in [4.69, 9.17) is 9.84 Å². The Labute approximate surface area is 237 Å². The number of unbranched alkanes of at least 4 members (excludes halogenated alkanes) is 22. The summed E-state index contributed by atoms with van der Waals surface area (Å²) in [4.78, 5) is 23.2. The molecular weight excluding hydrogens is 472 g/mol. The summed E-state index contributed by atoms with van der Waals surface area (Å²) in [7, 11) is 0. The molecule has 0 aliphatic heterocycles. The molecule has 38 heavy (non-hydrogen) atoms. The third-order valence-corrected chi connectivity index (χ3v) is 7.83. The zero-order valence-corrected chi connectivity index (χ0v) is 25.8. The molecule has 0 saturated heterocycles. The van der Waals surface area contributed by atoms with Crippen LogP contribution in [0.2, 0.25) is 0 Å². The van der Waals surface area contributed by atoms with Gasteiger partial charge < -0.3 is 9.84 Å². The van der Waals surface area contributed by atoms with Crippen molar-refractivity contribution in [1.82, 2.24) is 0 Å². The normalized spacial score (nSPS) is 12.1. The number of carboxylic acids is 1. The Kier molecular flexibility index (Phi) is 29.6. The van der Waals surface area contributed by atoms with Gasteiger partial charge in [-0.15, -0.1) is 0 Å². The van der Waals surface area contributed by atoms with Crippen LogP contribution in [0.4, 0.5) is 0 Å². The lowest BCUT2D eigenvalue weighted by atomic mass is 10.0. The first-order chi connectivity index (χ1) is 18.6. The zero-order valence-electron chi connectivity index (χ0n) is 25.8. The van der Waals surface area contributed by atoms with Crippen molar-refractivity contribution < 1.29 is 19.4 Å². The van der Waals surface area contributed by atoms with Gasteiger partial charge in [0.05, 0.1) is 0 Å². The van der Waals surface area contributed by atoms with Gasteiger partial charge in [-0.3, -0.25) is 9.59 Å². The molecule has 0 spiro atoms. The summed E-state index contributed by atoms with van der Waals surface area (Å²) < 4.78 is 5.91. The van der Waals surface area contributed by atoms with E-state index in [1.807, 2.05) is 0 Å². The Morgan fingerprint density at radius 2 is 0.789 bits per heavy atom. The summed E-state index contributed by atoms with van der Waals surface area (Å²) in [5, 5.41) is 8.78. The molecule has 1 N–H and O–H groups in total. The SMILES string of the molecule is CCCCCCCCCCCCCCCCCC(=O)OC(CCCCCCCC)CCCCCCC(=O)O. The summed E-state index contributed by atoms with van der Waals surface area (Å²) in [6.45, 7) is 4.52. The van der Waals surface area contributed by atoms with Crippen molar-refractivity contribution in [2.75, 3.05) is 0 Å². The van der Waals surface area contributed by atoms with Crippen LogP contribution in [0.1, 0.15) is 200 Å². The van der Waals surface area contributed by atoms with Gasteiger partial charge in [-0.2, -0.15) is 0 Å². The number of esters is 1. The van der Waals surface area contributed by atoms with Gasteiger partial charge in [0.25, 0.3) is 0 Å². The van der Waals surface area contributed by atoms with Crippen molar-refractivity contribution in [1.29, 1.82) is 0 Å². The summed E-state index contributed by atoms with van der Waals surface area (Å²) >= 11 is 0. The highest BCUT2D eigenvalue weighted by Gasteiger charge is 2.14. The van der Waals surface area contributed by atoms with E-state index in [0.717, 1.165) is 57.8 Å². The lowest BCUT2D eigenvalue weighted by Crippen LogP contribution is -2.18. The van der Waals surface area contributed by atoms with E-state index < -0.39 is 5.97 Å². The van der Waals surface area contributed by atoms with Crippen LogP contribution in [0, 0.1) is 0 Å². The number of rotatable bonds is 31. The van der Waals surface area contributed by atoms with Crippen LogP contribution in [-0.2, 0) is 14.3 Å². The maximum atomic E-state index is 12.5. The van der Waals surface area contributed by atoms with Crippen LogP contribution in [0.15, 0.2) is 0 Å². The molecule has 0 aromatic rings. The Balaban J connectivity index is 3.83. The van der Waals surface area contributed by atoms with Crippen LogP contribution in [0.3, 0.4) is 0 Å². The van der Waals surface area contributed by atoms with E-state index in [2.05, 4.69) is 13.8 Å². The minimum absolute atomic E-state index is 0.0124. The third-order valence-electron chi connectivity index (χ3n) is 7.83. The number of carboxylic acid groups (broad SMARTS) is 1. The van der Waals surface area contributed by atoms with E-state index in [9.17, 15) is 9.59 Å². The van der Waals surface area contributed by atoms with Gasteiger partial charge in [-0.1, -0.05) is 149 Å². The fourth-order valence-corrected chi connectivity index (χ4v) is 5.30. The molecule has 4 nitrogen and oxygen atoms in total. The largest absolute Gasteiger partial charge is 0.481 e. The van der Waals surface area contributed by atoms with Crippen molar-refractivity contribution in [3.05, 3.63) is 0 Å². The fraction of sp³-hybridized carbons (Fsp3) is 0.941. The summed E-state index contributed by atoms with van der Waals surface area (Å²) in [6.07, 6.45) is 34.0. The van der Waals surface area contributed by atoms with Crippen LogP contribution >= 0.6 is 0 Å².